The summed E-state index contributed by atoms with van der Waals surface area (Å²) in [7, 11) is 0. The van der Waals surface area contributed by atoms with Gasteiger partial charge in [0, 0.05) is 19.3 Å². The molecule has 0 aliphatic heterocycles. The largest absolute Gasteiger partial charge is 0.462 e. The van der Waals surface area contributed by atoms with E-state index in [4.69, 9.17) is 14.2 Å². The molecule has 0 rings (SSSR count). The van der Waals surface area contributed by atoms with Crippen LogP contribution in [-0.2, 0) is 28.6 Å². The lowest BCUT2D eigenvalue weighted by atomic mass is 10.0. The van der Waals surface area contributed by atoms with Crippen LogP contribution in [0.4, 0.5) is 0 Å². The van der Waals surface area contributed by atoms with E-state index in [2.05, 4.69) is 57.2 Å². The van der Waals surface area contributed by atoms with Crippen LogP contribution in [0.25, 0.3) is 0 Å². The maximum atomic E-state index is 12.9. The second kappa shape index (κ2) is 65.2. The number of hydrogen-bond acceptors (Lipinski definition) is 6. The number of unbranched alkanes of at least 4 members (excludes halogenated alkanes) is 46. The van der Waals surface area contributed by atoms with E-state index in [0.717, 1.165) is 83.5 Å². The Bertz CT molecular complexity index is 1270. The first-order valence-corrected chi connectivity index (χ1v) is 34.0. The molecule has 0 N–H and O–H groups in total. The van der Waals surface area contributed by atoms with Crippen LogP contribution < -0.4 is 0 Å². The van der Waals surface area contributed by atoms with Gasteiger partial charge in [0.05, 0.1) is 0 Å². The van der Waals surface area contributed by atoms with Crippen LogP contribution in [0.5, 0.6) is 0 Å². The van der Waals surface area contributed by atoms with E-state index in [1.54, 1.807) is 0 Å². The van der Waals surface area contributed by atoms with E-state index < -0.39 is 6.10 Å². The van der Waals surface area contributed by atoms with Gasteiger partial charge < -0.3 is 14.2 Å². The molecule has 0 aliphatic rings. The van der Waals surface area contributed by atoms with Crippen molar-refractivity contribution in [1.82, 2.24) is 0 Å². The standard InChI is InChI=1S/C70H130O6/c1-4-7-10-13-16-19-22-25-28-31-33-35-37-39-42-45-48-51-54-57-60-63-69(72)75-66-67(65-74-68(71)62-59-56-53-50-47-44-41-38-30-27-24-21-18-15-12-9-6-3)76-70(73)64-61-58-55-52-49-46-43-40-36-34-32-29-26-23-20-17-14-11-8-5-2/h9,12,18,21,27,30,67H,4-8,10-11,13-17,19-20,22-26,28-29,31-66H2,1-3H3/b12-9-,21-18-,30-27-. The summed E-state index contributed by atoms with van der Waals surface area (Å²) in [5.41, 5.74) is 0. The first-order chi connectivity index (χ1) is 37.5. The Balaban J connectivity index is 4.30. The summed E-state index contributed by atoms with van der Waals surface area (Å²) in [5, 5.41) is 0. The topological polar surface area (TPSA) is 78.9 Å². The minimum Gasteiger partial charge on any atom is -0.462 e. The summed E-state index contributed by atoms with van der Waals surface area (Å²) < 4.78 is 17.0. The van der Waals surface area contributed by atoms with Gasteiger partial charge in [0.15, 0.2) is 6.10 Å². The van der Waals surface area contributed by atoms with Crippen LogP contribution in [0.2, 0.25) is 0 Å². The molecule has 0 saturated carbocycles. The van der Waals surface area contributed by atoms with Gasteiger partial charge in [-0.15, -0.1) is 0 Å². The first kappa shape index (κ1) is 73.6. The van der Waals surface area contributed by atoms with E-state index in [-0.39, 0.29) is 31.1 Å². The third-order valence-corrected chi connectivity index (χ3v) is 15.4. The molecular weight excluding hydrogens is 937 g/mol. The monoisotopic (exact) mass is 1070 g/mol. The molecule has 0 amide bonds. The lowest BCUT2D eigenvalue weighted by molar-refractivity contribution is -0.167. The molecule has 0 aliphatic carbocycles. The van der Waals surface area contributed by atoms with Crippen LogP contribution in [0.3, 0.4) is 0 Å². The minimum absolute atomic E-state index is 0.0693. The molecule has 0 saturated heterocycles. The zero-order valence-electron chi connectivity index (χ0n) is 51.3. The number of esters is 3. The van der Waals surface area contributed by atoms with Crippen molar-refractivity contribution < 1.29 is 28.6 Å². The molecule has 0 spiro atoms. The van der Waals surface area contributed by atoms with Crippen molar-refractivity contribution in [2.45, 2.75) is 380 Å². The predicted octanol–water partition coefficient (Wildman–Crippen LogP) is 23.2. The maximum Gasteiger partial charge on any atom is 0.306 e. The molecule has 6 nitrogen and oxygen atoms in total. The SMILES string of the molecule is CC/C=C\C/C=C\C/C=C\CCCCCCCCCC(=O)OCC(COC(=O)CCCCCCCCCCCCCCCCCCCCCCC)OC(=O)CCCCCCCCCCCCCCCCCCCCCC. The number of rotatable bonds is 63. The summed E-state index contributed by atoms with van der Waals surface area (Å²) in [6.45, 7) is 6.60. The first-order valence-electron chi connectivity index (χ1n) is 34.0. The van der Waals surface area contributed by atoms with Crippen molar-refractivity contribution in [3.63, 3.8) is 0 Å². The summed E-state index contributed by atoms with van der Waals surface area (Å²) in [4.78, 5) is 38.4. The third-order valence-electron chi connectivity index (χ3n) is 15.4. The minimum atomic E-state index is -0.774. The summed E-state index contributed by atoms with van der Waals surface area (Å²) >= 11 is 0. The van der Waals surface area contributed by atoms with Crippen LogP contribution in [0.15, 0.2) is 36.5 Å². The highest BCUT2D eigenvalue weighted by atomic mass is 16.6. The van der Waals surface area contributed by atoms with Crippen molar-refractivity contribution in [2.75, 3.05) is 13.2 Å². The summed E-state index contributed by atoms with van der Waals surface area (Å²) in [6.07, 6.45) is 80.2. The fourth-order valence-electron chi connectivity index (χ4n) is 10.3. The van der Waals surface area contributed by atoms with Gasteiger partial charge in [0.2, 0.25) is 0 Å². The van der Waals surface area contributed by atoms with E-state index in [1.165, 1.54) is 250 Å². The fraction of sp³-hybridized carbons (Fsp3) is 0.871. The Labute approximate surface area is 474 Å². The molecule has 76 heavy (non-hydrogen) atoms. The zero-order chi connectivity index (χ0) is 55.0. The predicted molar refractivity (Wildman–Crippen MR) is 330 cm³/mol. The highest BCUT2D eigenvalue weighted by Crippen LogP contribution is 2.19. The van der Waals surface area contributed by atoms with Gasteiger partial charge in [-0.25, -0.2) is 0 Å². The van der Waals surface area contributed by atoms with Gasteiger partial charge in [-0.05, 0) is 51.4 Å². The molecular formula is C70H130O6. The Morgan fingerprint density at radius 1 is 0.276 bits per heavy atom. The Kier molecular flexibility index (Phi) is 63.1. The second-order valence-corrected chi connectivity index (χ2v) is 23.1. The molecule has 6 heteroatoms. The number of ether oxygens (including phenoxy) is 3. The number of carbonyl (C=O) groups excluding carboxylic acids is 3. The van der Waals surface area contributed by atoms with Gasteiger partial charge in [-0.2, -0.15) is 0 Å². The van der Waals surface area contributed by atoms with Crippen LogP contribution in [0.1, 0.15) is 374 Å². The second-order valence-electron chi connectivity index (χ2n) is 23.1. The Morgan fingerprint density at radius 2 is 0.513 bits per heavy atom. The Hall–Kier alpha value is -2.37. The lowest BCUT2D eigenvalue weighted by Crippen LogP contribution is -2.30. The van der Waals surface area contributed by atoms with Crippen molar-refractivity contribution in [3.8, 4) is 0 Å². The van der Waals surface area contributed by atoms with Crippen molar-refractivity contribution in [3.05, 3.63) is 36.5 Å². The molecule has 1 atom stereocenters. The highest BCUT2D eigenvalue weighted by molar-refractivity contribution is 5.71. The molecule has 446 valence electrons. The maximum absolute atomic E-state index is 12.9. The quantitative estimate of drug-likeness (QED) is 0.0261. The van der Waals surface area contributed by atoms with Gasteiger partial charge in [0.1, 0.15) is 13.2 Å². The average Bonchev–Trinajstić information content (AvgIpc) is 3.42. The normalized spacial score (nSPS) is 12.2. The van der Waals surface area contributed by atoms with E-state index in [1.807, 2.05) is 0 Å². The van der Waals surface area contributed by atoms with Crippen molar-refractivity contribution in [2.24, 2.45) is 0 Å². The number of allylic oxidation sites excluding steroid dienone is 6. The molecule has 0 radical (unpaired) electrons. The Morgan fingerprint density at radius 3 is 0.803 bits per heavy atom. The van der Waals surface area contributed by atoms with E-state index in [9.17, 15) is 14.4 Å². The van der Waals surface area contributed by atoms with Crippen LogP contribution >= 0.6 is 0 Å². The van der Waals surface area contributed by atoms with Crippen molar-refractivity contribution in [1.29, 1.82) is 0 Å². The van der Waals surface area contributed by atoms with E-state index in [0.29, 0.717) is 19.3 Å². The number of hydrogen-bond donors (Lipinski definition) is 0. The van der Waals surface area contributed by atoms with E-state index >= 15 is 0 Å². The molecule has 0 fully saturated rings. The molecule has 0 aromatic heterocycles. The molecule has 0 aromatic carbocycles. The van der Waals surface area contributed by atoms with Crippen LogP contribution in [0, 0.1) is 0 Å². The zero-order valence-corrected chi connectivity index (χ0v) is 51.3. The molecule has 1 unspecified atom stereocenters. The summed E-state index contributed by atoms with van der Waals surface area (Å²) in [6, 6.07) is 0. The average molecular weight is 1070 g/mol. The van der Waals surface area contributed by atoms with Gasteiger partial charge in [-0.3, -0.25) is 14.4 Å². The fourth-order valence-corrected chi connectivity index (χ4v) is 10.3. The summed E-state index contributed by atoms with van der Waals surface area (Å²) in [5.74, 6) is -0.849. The molecule has 0 aromatic rings. The number of carbonyl (C=O) groups is 3. The smallest absolute Gasteiger partial charge is 0.306 e. The lowest BCUT2D eigenvalue weighted by Gasteiger charge is -2.18. The van der Waals surface area contributed by atoms with Gasteiger partial charge >= 0.3 is 17.9 Å². The highest BCUT2D eigenvalue weighted by Gasteiger charge is 2.19. The van der Waals surface area contributed by atoms with Crippen molar-refractivity contribution >= 4 is 17.9 Å². The molecule has 0 heterocycles. The van der Waals surface area contributed by atoms with Gasteiger partial charge in [-0.1, -0.05) is 340 Å². The third kappa shape index (κ3) is 62.5. The van der Waals surface area contributed by atoms with Crippen LogP contribution in [-0.4, -0.2) is 37.2 Å². The van der Waals surface area contributed by atoms with Gasteiger partial charge in [0.25, 0.3) is 0 Å². The molecule has 0 bridgehead atoms.